The van der Waals surface area contributed by atoms with Crippen LogP contribution in [0.25, 0.3) is 0 Å². The predicted molar refractivity (Wildman–Crippen MR) is 92.8 cm³/mol. The van der Waals surface area contributed by atoms with Gasteiger partial charge in [-0.15, -0.1) is 0 Å². The molecule has 2 aliphatic rings. The van der Waals surface area contributed by atoms with Crippen molar-refractivity contribution in [2.75, 3.05) is 19.8 Å². The van der Waals surface area contributed by atoms with Gasteiger partial charge in [0.05, 0.1) is 6.42 Å². The van der Waals surface area contributed by atoms with Crippen LogP contribution in [0.2, 0.25) is 0 Å². The summed E-state index contributed by atoms with van der Waals surface area (Å²) in [4.78, 5) is 25.7. The molecular weight excluding hydrogens is 374 g/mol. The molecule has 0 aromatic heterocycles. The van der Waals surface area contributed by atoms with Crippen molar-refractivity contribution in [3.8, 4) is 0 Å². The molecule has 1 saturated carbocycles. The van der Waals surface area contributed by atoms with Gasteiger partial charge in [0.2, 0.25) is 5.91 Å². The smallest absolute Gasteiger partial charge is 0.305 e. The molecule has 2 atom stereocenters. The fraction of sp³-hybridized carbons (Fsp3) is 0.556. The second-order valence-electron chi connectivity index (χ2n) is 6.52. The van der Waals surface area contributed by atoms with Gasteiger partial charge in [0.1, 0.15) is 0 Å². The molecule has 24 heavy (non-hydrogen) atoms. The Bertz CT molecular complexity index is 615. The molecular formula is C18H22BrNO4. The van der Waals surface area contributed by atoms with Gasteiger partial charge in [0.25, 0.3) is 0 Å². The first kappa shape index (κ1) is 17.4. The van der Waals surface area contributed by atoms with Gasteiger partial charge in [-0.3, -0.25) is 9.59 Å². The monoisotopic (exact) mass is 395 g/mol. The molecule has 1 saturated heterocycles. The van der Waals surface area contributed by atoms with Crippen LogP contribution in [0, 0.1) is 5.92 Å². The summed E-state index contributed by atoms with van der Waals surface area (Å²) in [5.74, 6) is -0.523. The number of amides is 1. The zero-order chi connectivity index (χ0) is 17.1. The van der Waals surface area contributed by atoms with Crippen LogP contribution in [0.15, 0.2) is 28.7 Å². The van der Waals surface area contributed by atoms with Crippen molar-refractivity contribution in [2.24, 2.45) is 5.92 Å². The molecule has 1 heterocycles. The lowest BCUT2D eigenvalue weighted by molar-refractivity contribution is -0.141. The maximum Gasteiger partial charge on any atom is 0.305 e. The van der Waals surface area contributed by atoms with Crippen LogP contribution in [-0.2, 0) is 14.3 Å². The number of aliphatic carboxylic acids is 1. The first-order valence-corrected chi connectivity index (χ1v) is 9.21. The summed E-state index contributed by atoms with van der Waals surface area (Å²) < 4.78 is 6.39. The first-order valence-electron chi connectivity index (χ1n) is 8.41. The highest BCUT2D eigenvalue weighted by atomic mass is 79.9. The van der Waals surface area contributed by atoms with E-state index in [1.165, 1.54) is 5.56 Å². The number of hydrogen-bond acceptors (Lipinski definition) is 3. The van der Waals surface area contributed by atoms with Crippen molar-refractivity contribution in [1.29, 1.82) is 0 Å². The average Bonchev–Trinajstić information content (AvgIpc) is 3.36. The second kappa shape index (κ2) is 7.66. The van der Waals surface area contributed by atoms with Gasteiger partial charge < -0.3 is 14.7 Å². The van der Waals surface area contributed by atoms with E-state index in [0.29, 0.717) is 19.8 Å². The quantitative estimate of drug-likeness (QED) is 0.803. The number of carboxylic acids is 1. The molecule has 130 valence electrons. The van der Waals surface area contributed by atoms with Gasteiger partial charge in [0.15, 0.2) is 0 Å². The zero-order valence-corrected chi connectivity index (χ0v) is 15.1. The summed E-state index contributed by atoms with van der Waals surface area (Å²) in [5, 5.41) is 8.99. The zero-order valence-electron chi connectivity index (χ0n) is 13.5. The number of rotatable bonds is 6. The van der Waals surface area contributed by atoms with Crippen LogP contribution >= 0.6 is 15.9 Å². The molecule has 5 nitrogen and oxygen atoms in total. The van der Waals surface area contributed by atoms with E-state index >= 15 is 0 Å². The third kappa shape index (κ3) is 4.16. The molecule has 0 radical (unpaired) electrons. The van der Waals surface area contributed by atoms with Crippen LogP contribution in [0.1, 0.15) is 37.2 Å². The second-order valence-corrected chi connectivity index (χ2v) is 7.44. The number of halogens is 1. The van der Waals surface area contributed by atoms with Gasteiger partial charge in [-0.05, 0) is 42.9 Å². The normalized spacial score (nSPS) is 23.7. The first-order chi connectivity index (χ1) is 11.6. The van der Waals surface area contributed by atoms with Crippen molar-refractivity contribution in [1.82, 2.24) is 4.90 Å². The Hall–Kier alpha value is -1.40. The van der Waals surface area contributed by atoms with Crippen molar-refractivity contribution in [3.63, 3.8) is 0 Å². The van der Waals surface area contributed by atoms with E-state index in [1.807, 2.05) is 12.1 Å². The maximum atomic E-state index is 13.0. The number of benzene rings is 1. The Labute approximate surface area is 150 Å². The molecule has 1 aliphatic heterocycles. The molecule has 2 unspecified atom stereocenters. The molecule has 0 spiro atoms. The van der Waals surface area contributed by atoms with E-state index in [-0.39, 0.29) is 30.2 Å². The number of carboxylic acid groups (broad SMARTS) is 1. The number of nitrogens with zero attached hydrogens (tertiary/aromatic N) is 1. The number of ether oxygens (including phenoxy) is 1. The molecule has 1 aromatic rings. The number of hydrogen-bond donors (Lipinski definition) is 1. The summed E-state index contributed by atoms with van der Waals surface area (Å²) in [6, 6.07) is 8.19. The van der Waals surface area contributed by atoms with E-state index in [9.17, 15) is 9.59 Å². The maximum absolute atomic E-state index is 13.0. The van der Waals surface area contributed by atoms with Crippen molar-refractivity contribution in [3.05, 3.63) is 34.3 Å². The molecule has 1 amide bonds. The van der Waals surface area contributed by atoms with Crippen molar-refractivity contribution >= 4 is 27.8 Å². The van der Waals surface area contributed by atoms with Crippen LogP contribution in [-0.4, -0.2) is 47.7 Å². The highest BCUT2D eigenvalue weighted by molar-refractivity contribution is 9.10. The minimum absolute atomic E-state index is 0.00261. The van der Waals surface area contributed by atoms with E-state index in [0.717, 1.165) is 23.7 Å². The standard InChI is InChI=1S/C18H22BrNO4/c19-13-3-1-2-12(10-13)15-11-16(15)18(23)20(7-4-17(21)22)14-5-8-24-9-6-14/h1-3,10,14-16H,4-9,11H2,(H,21,22). The topological polar surface area (TPSA) is 66.8 Å². The number of carbonyl (C=O) groups excluding carboxylic acids is 1. The van der Waals surface area contributed by atoms with Crippen LogP contribution < -0.4 is 0 Å². The predicted octanol–water partition coefficient (Wildman–Crippen LogP) is 3.03. The lowest BCUT2D eigenvalue weighted by atomic mass is 10.0. The highest BCUT2D eigenvalue weighted by Crippen LogP contribution is 2.49. The van der Waals surface area contributed by atoms with E-state index in [4.69, 9.17) is 9.84 Å². The van der Waals surface area contributed by atoms with Gasteiger partial charge >= 0.3 is 5.97 Å². The minimum Gasteiger partial charge on any atom is -0.481 e. The van der Waals surface area contributed by atoms with Gasteiger partial charge in [-0.25, -0.2) is 0 Å². The Morgan fingerprint density at radius 2 is 2.04 bits per heavy atom. The lowest BCUT2D eigenvalue weighted by Crippen LogP contribution is -2.45. The molecule has 2 fully saturated rings. The van der Waals surface area contributed by atoms with E-state index < -0.39 is 5.97 Å². The summed E-state index contributed by atoms with van der Waals surface area (Å²) in [7, 11) is 0. The van der Waals surface area contributed by atoms with E-state index in [2.05, 4.69) is 28.1 Å². The third-order valence-corrected chi connectivity index (χ3v) is 5.36. The molecule has 1 aliphatic carbocycles. The van der Waals surface area contributed by atoms with Crippen LogP contribution in [0.4, 0.5) is 0 Å². The molecule has 1 aromatic carbocycles. The fourth-order valence-electron chi connectivity index (χ4n) is 3.47. The largest absolute Gasteiger partial charge is 0.481 e. The summed E-state index contributed by atoms with van der Waals surface area (Å²) in [5.41, 5.74) is 1.17. The van der Waals surface area contributed by atoms with Gasteiger partial charge in [-0.1, -0.05) is 28.1 Å². The number of carbonyl (C=O) groups is 2. The molecule has 3 rings (SSSR count). The third-order valence-electron chi connectivity index (χ3n) is 4.87. The van der Waals surface area contributed by atoms with Crippen LogP contribution in [0.5, 0.6) is 0 Å². The highest BCUT2D eigenvalue weighted by Gasteiger charge is 2.46. The van der Waals surface area contributed by atoms with E-state index in [1.54, 1.807) is 4.90 Å². The summed E-state index contributed by atoms with van der Waals surface area (Å²) in [6.45, 7) is 1.57. The average molecular weight is 396 g/mol. The lowest BCUT2D eigenvalue weighted by Gasteiger charge is -2.34. The molecule has 1 N–H and O–H groups in total. The Morgan fingerprint density at radius 3 is 2.71 bits per heavy atom. The summed E-state index contributed by atoms with van der Waals surface area (Å²) >= 11 is 3.47. The van der Waals surface area contributed by atoms with Crippen molar-refractivity contribution < 1.29 is 19.4 Å². The van der Waals surface area contributed by atoms with Crippen LogP contribution in [0.3, 0.4) is 0 Å². The Balaban J connectivity index is 1.68. The van der Waals surface area contributed by atoms with Gasteiger partial charge in [0, 0.05) is 36.2 Å². The SMILES string of the molecule is O=C(O)CCN(C(=O)C1CC1c1cccc(Br)c1)C1CCOCC1. The molecule has 6 heteroatoms. The van der Waals surface area contributed by atoms with Gasteiger partial charge in [-0.2, -0.15) is 0 Å². The Morgan fingerprint density at radius 1 is 1.29 bits per heavy atom. The fourth-order valence-corrected chi connectivity index (χ4v) is 3.89. The molecule has 0 bridgehead atoms. The Kier molecular flexibility index (Phi) is 5.56. The minimum atomic E-state index is -0.862. The van der Waals surface area contributed by atoms with Crippen molar-refractivity contribution in [2.45, 2.75) is 37.6 Å². The summed E-state index contributed by atoms with van der Waals surface area (Å²) in [6.07, 6.45) is 2.43.